The summed E-state index contributed by atoms with van der Waals surface area (Å²) in [5, 5.41) is 3.25. The number of amides is 1. The molecular formula is C17H21N3O. The van der Waals surface area contributed by atoms with Crippen molar-refractivity contribution < 1.29 is 4.79 Å². The Labute approximate surface area is 125 Å². The lowest BCUT2D eigenvalue weighted by atomic mass is 10.2. The summed E-state index contributed by atoms with van der Waals surface area (Å²) < 4.78 is 0. The highest BCUT2D eigenvalue weighted by Crippen LogP contribution is 2.15. The highest BCUT2D eigenvalue weighted by Gasteiger charge is 2.16. The van der Waals surface area contributed by atoms with Gasteiger partial charge in [-0.15, -0.1) is 0 Å². The maximum Gasteiger partial charge on any atom is 0.257 e. The fourth-order valence-corrected chi connectivity index (χ4v) is 2.18. The van der Waals surface area contributed by atoms with Crippen LogP contribution in [0.1, 0.15) is 29.8 Å². The molecule has 110 valence electrons. The molecule has 1 N–H and O–H groups in total. The number of anilines is 1. The summed E-state index contributed by atoms with van der Waals surface area (Å²) in [5.41, 5.74) is 1.78. The highest BCUT2D eigenvalue weighted by atomic mass is 16.2. The molecular weight excluding hydrogens is 262 g/mol. The molecule has 0 unspecified atom stereocenters. The van der Waals surface area contributed by atoms with Gasteiger partial charge in [0.2, 0.25) is 0 Å². The van der Waals surface area contributed by atoms with Gasteiger partial charge in [0.15, 0.2) is 0 Å². The van der Waals surface area contributed by atoms with E-state index in [1.54, 1.807) is 17.2 Å². The lowest BCUT2D eigenvalue weighted by Crippen LogP contribution is -2.31. The molecule has 0 radical (unpaired) electrons. The van der Waals surface area contributed by atoms with Gasteiger partial charge in [0.1, 0.15) is 5.82 Å². The van der Waals surface area contributed by atoms with E-state index in [2.05, 4.69) is 10.3 Å². The zero-order valence-electron chi connectivity index (χ0n) is 12.5. The SMILES string of the molecule is CCN(CC)C(=O)c1cccnc1NCc1ccccc1. The van der Waals surface area contributed by atoms with Gasteiger partial charge in [0.05, 0.1) is 5.56 Å². The van der Waals surface area contributed by atoms with Gasteiger partial charge in [-0.25, -0.2) is 4.98 Å². The quantitative estimate of drug-likeness (QED) is 0.885. The van der Waals surface area contributed by atoms with Crippen molar-refractivity contribution in [2.75, 3.05) is 18.4 Å². The molecule has 1 heterocycles. The van der Waals surface area contributed by atoms with Crippen LogP contribution in [0.3, 0.4) is 0 Å². The molecule has 0 spiro atoms. The predicted octanol–water partition coefficient (Wildman–Crippen LogP) is 3.18. The van der Waals surface area contributed by atoms with Crippen LogP contribution in [0.4, 0.5) is 5.82 Å². The van der Waals surface area contributed by atoms with Crippen molar-refractivity contribution in [2.45, 2.75) is 20.4 Å². The van der Waals surface area contributed by atoms with Crippen LogP contribution in [0.15, 0.2) is 48.7 Å². The number of carbonyl (C=O) groups excluding carboxylic acids is 1. The zero-order chi connectivity index (χ0) is 15.1. The molecule has 0 bridgehead atoms. The number of benzene rings is 1. The summed E-state index contributed by atoms with van der Waals surface area (Å²) >= 11 is 0. The van der Waals surface area contributed by atoms with Crippen molar-refractivity contribution in [3.05, 3.63) is 59.8 Å². The average molecular weight is 283 g/mol. The van der Waals surface area contributed by atoms with Crippen LogP contribution in [-0.4, -0.2) is 28.9 Å². The van der Waals surface area contributed by atoms with Gasteiger partial charge in [-0.05, 0) is 31.5 Å². The minimum Gasteiger partial charge on any atom is -0.365 e. The van der Waals surface area contributed by atoms with Gasteiger partial charge in [-0.1, -0.05) is 30.3 Å². The molecule has 2 rings (SSSR count). The number of nitrogens with zero attached hydrogens (tertiary/aromatic N) is 2. The lowest BCUT2D eigenvalue weighted by Gasteiger charge is -2.20. The van der Waals surface area contributed by atoms with E-state index in [-0.39, 0.29) is 5.91 Å². The number of hydrogen-bond donors (Lipinski definition) is 1. The standard InChI is InChI=1S/C17H21N3O/c1-3-20(4-2)17(21)15-11-8-12-18-16(15)19-13-14-9-6-5-7-10-14/h5-12H,3-4,13H2,1-2H3,(H,18,19). The van der Waals surface area contributed by atoms with Crippen molar-refractivity contribution in [2.24, 2.45) is 0 Å². The topological polar surface area (TPSA) is 45.2 Å². The van der Waals surface area contributed by atoms with E-state index in [4.69, 9.17) is 0 Å². The number of rotatable bonds is 6. The zero-order valence-corrected chi connectivity index (χ0v) is 12.5. The number of nitrogens with one attached hydrogen (secondary N) is 1. The first-order valence-corrected chi connectivity index (χ1v) is 7.28. The Hall–Kier alpha value is -2.36. The van der Waals surface area contributed by atoms with Crippen LogP contribution in [0.2, 0.25) is 0 Å². The Morgan fingerprint density at radius 2 is 1.81 bits per heavy atom. The highest BCUT2D eigenvalue weighted by molar-refractivity contribution is 5.98. The van der Waals surface area contributed by atoms with Crippen molar-refractivity contribution in [3.63, 3.8) is 0 Å². The normalized spacial score (nSPS) is 10.2. The van der Waals surface area contributed by atoms with E-state index in [1.807, 2.05) is 50.2 Å². The molecule has 0 aliphatic rings. The first-order chi connectivity index (χ1) is 10.3. The van der Waals surface area contributed by atoms with E-state index in [0.29, 0.717) is 31.0 Å². The lowest BCUT2D eigenvalue weighted by molar-refractivity contribution is 0.0773. The number of aromatic nitrogens is 1. The summed E-state index contributed by atoms with van der Waals surface area (Å²) in [7, 11) is 0. The number of carbonyl (C=O) groups is 1. The molecule has 1 amide bonds. The van der Waals surface area contributed by atoms with E-state index in [1.165, 1.54) is 0 Å². The molecule has 1 aromatic carbocycles. The summed E-state index contributed by atoms with van der Waals surface area (Å²) in [4.78, 5) is 18.6. The second kappa shape index (κ2) is 7.43. The molecule has 0 aliphatic heterocycles. The molecule has 0 fully saturated rings. The van der Waals surface area contributed by atoms with Crippen molar-refractivity contribution in [1.29, 1.82) is 0 Å². The minimum absolute atomic E-state index is 0.0173. The average Bonchev–Trinajstić information content (AvgIpc) is 2.55. The molecule has 0 saturated heterocycles. The summed E-state index contributed by atoms with van der Waals surface area (Å²) in [6.07, 6.45) is 1.70. The first kappa shape index (κ1) is 15.0. The van der Waals surface area contributed by atoms with Crippen molar-refractivity contribution in [3.8, 4) is 0 Å². The van der Waals surface area contributed by atoms with E-state index < -0.39 is 0 Å². The molecule has 2 aromatic rings. The third-order valence-electron chi connectivity index (χ3n) is 3.39. The van der Waals surface area contributed by atoms with E-state index >= 15 is 0 Å². The Balaban J connectivity index is 2.15. The minimum atomic E-state index is 0.0173. The van der Waals surface area contributed by atoms with Crippen molar-refractivity contribution in [1.82, 2.24) is 9.88 Å². The summed E-state index contributed by atoms with van der Waals surface area (Å²) in [6, 6.07) is 13.7. The van der Waals surface area contributed by atoms with E-state index in [9.17, 15) is 4.79 Å². The Bertz CT molecular complexity index is 580. The number of hydrogen-bond acceptors (Lipinski definition) is 3. The van der Waals surface area contributed by atoms with E-state index in [0.717, 1.165) is 5.56 Å². The molecule has 0 atom stereocenters. The first-order valence-electron chi connectivity index (χ1n) is 7.28. The van der Waals surface area contributed by atoms with Crippen molar-refractivity contribution >= 4 is 11.7 Å². The van der Waals surface area contributed by atoms with Gasteiger partial charge >= 0.3 is 0 Å². The maximum atomic E-state index is 12.5. The molecule has 1 aromatic heterocycles. The number of pyridine rings is 1. The molecule has 4 nitrogen and oxygen atoms in total. The summed E-state index contributed by atoms with van der Waals surface area (Å²) in [5.74, 6) is 0.655. The Morgan fingerprint density at radius 3 is 2.48 bits per heavy atom. The third kappa shape index (κ3) is 3.81. The van der Waals surface area contributed by atoms with Gasteiger partial charge in [-0.2, -0.15) is 0 Å². The van der Waals surface area contributed by atoms with Crippen LogP contribution in [0.5, 0.6) is 0 Å². The van der Waals surface area contributed by atoms with Crippen LogP contribution in [0.25, 0.3) is 0 Å². The van der Waals surface area contributed by atoms with Gasteiger partial charge < -0.3 is 10.2 Å². The summed E-state index contributed by atoms with van der Waals surface area (Å²) in [6.45, 7) is 6.00. The van der Waals surface area contributed by atoms with Crippen LogP contribution in [0, 0.1) is 0 Å². The maximum absolute atomic E-state index is 12.5. The third-order valence-corrected chi connectivity index (χ3v) is 3.39. The molecule has 0 saturated carbocycles. The second-order valence-electron chi connectivity index (χ2n) is 4.72. The van der Waals surface area contributed by atoms with Gasteiger partial charge in [-0.3, -0.25) is 4.79 Å². The smallest absolute Gasteiger partial charge is 0.257 e. The van der Waals surface area contributed by atoms with Crippen LogP contribution >= 0.6 is 0 Å². The molecule has 0 aliphatic carbocycles. The van der Waals surface area contributed by atoms with Gasteiger partial charge in [0, 0.05) is 25.8 Å². The molecule has 4 heteroatoms. The fraction of sp³-hybridized carbons (Fsp3) is 0.294. The molecule has 21 heavy (non-hydrogen) atoms. The van der Waals surface area contributed by atoms with Crippen LogP contribution in [-0.2, 0) is 6.54 Å². The monoisotopic (exact) mass is 283 g/mol. The van der Waals surface area contributed by atoms with Crippen LogP contribution < -0.4 is 5.32 Å². The van der Waals surface area contributed by atoms with Gasteiger partial charge in [0.25, 0.3) is 5.91 Å². The Kier molecular flexibility index (Phi) is 5.32. The second-order valence-corrected chi connectivity index (χ2v) is 4.72. The Morgan fingerprint density at radius 1 is 1.10 bits per heavy atom. The fourth-order valence-electron chi connectivity index (χ4n) is 2.18. The largest absolute Gasteiger partial charge is 0.365 e. The predicted molar refractivity (Wildman–Crippen MR) is 85.3 cm³/mol.